The van der Waals surface area contributed by atoms with Crippen molar-refractivity contribution < 1.29 is 14.0 Å². The summed E-state index contributed by atoms with van der Waals surface area (Å²) in [7, 11) is 0. The van der Waals surface area contributed by atoms with Crippen LogP contribution in [0.25, 0.3) is 10.1 Å². The second-order valence-corrected chi connectivity index (χ2v) is 5.32. The molecule has 0 aliphatic carbocycles. The monoisotopic (exact) mass is 265 g/mol. The first kappa shape index (κ1) is 11.6. The van der Waals surface area contributed by atoms with Gasteiger partial charge in [0.25, 0.3) is 5.91 Å². The number of hydroxylamine groups is 2. The Labute approximate surface area is 108 Å². The van der Waals surface area contributed by atoms with Crippen molar-refractivity contribution in [3.63, 3.8) is 0 Å². The second-order valence-electron chi connectivity index (χ2n) is 4.24. The number of carbonyl (C=O) groups is 1. The minimum absolute atomic E-state index is 0.128. The van der Waals surface area contributed by atoms with Crippen LogP contribution in [0.2, 0.25) is 0 Å². The molecule has 0 bridgehead atoms. The number of rotatable bonds is 1. The summed E-state index contributed by atoms with van der Waals surface area (Å²) in [5.41, 5.74) is 0. The lowest BCUT2D eigenvalue weighted by Crippen LogP contribution is -2.35. The summed E-state index contributed by atoms with van der Waals surface area (Å²) in [4.78, 5) is 18.1. The third kappa shape index (κ3) is 2.11. The molecule has 2 aromatic rings. The number of halogens is 1. The molecule has 1 aliphatic rings. The number of carbonyl (C=O) groups excluding carboxylic acids is 1. The lowest BCUT2D eigenvalue weighted by atomic mass is 10.2. The quantitative estimate of drug-likeness (QED) is 0.792. The van der Waals surface area contributed by atoms with Crippen LogP contribution in [-0.2, 0) is 4.84 Å². The van der Waals surface area contributed by atoms with Crippen LogP contribution in [-0.4, -0.2) is 24.1 Å². The number of thiophene rings is 1. The van der Waals surface area contributed by atoms with Gasteiger partial charge in [0, 0.05) is 11.2 Å². The molecule has 1 aliphatic heterocycles. The highest BCUT2D eigenvalue weighted by Gasteiger charge is 2.21. The fourth-order valence-corrected chi connectivity index (χ4v) is 3.02. The Morgan fingerprint density at radius 2 is 2.22 bits per heavy atom. The van der Waals surface area contributed by atoms with Gasteiger partial charge < -0.3 is 0 Å². The fourth-order valence-electron chi connectivity index (χ4n) is 1.99. The Balaban J connectivity index is 1.91. The molecular weight excluding hydrogens is 253 g/mol. The van der Waals surface area contributed by atoms with Crippen molar-refractivity contribution in [3.05, 3.63) is 35.0 Å². The zero-order chi connectivity index (χ0) is 12.5. The number of hydrogen-bond acceptors (Lipinski definition) is 3. The van der Waals surface area contributed by atoms with Crippen LogP contribution in [0.15, 0.2) is 24.3 Å². The molecule has 1 fully saturated rings. The molecular formula is C13H12FNO2S. The van der Waals surface area contributed by atoms with Gasteiger partial charge in [-0.2, -0.15) is 0 Å². The molecule has 0 N–H and O–H groups in total. The van der Waals surface area contributed by atoms with E-state index in [1.54, 1.807) is 12.1 Å². The molecule has 5 heteroatoms. The molecule has 1 amide bonds. The fraction of sp³-hybridized carbons (Fsp3) is 0.308. The Morgan fingerprint density at radius 3 is 3.00 bits per heavy atom. The Bertz CT molecular complexity index is 590. The summed E-state index contributed by atoms with van der Waals surface area (Å²) in [6.45, 7) is 1.21. The predicted octanol–water partition coefficient (Wildman–Crippen LogP) is 3.21. The summed E-state index contributed by atoms with van der Waals surface area (Å²) in [5.74, 6) is -0.408. The number of benzene rings is 1. The Hall–Kier alpha value is -1.46. The van der Waals surface area contributed by atoms with Crippen LogP contribution in [0.5, 0.6) is 0 Å². The molecule has 18 heavy (non-hydrogen) atoms. The van der Waals surface area contributed by atoms with Gasteiger partial charge in [0.2, 0.25) is 0 Å². The molecule has 1 saturated heterocycles. The maximum Gasteiger partial charge on any atom is 0.287 e. The summed E-state index contributed by atoms with van der Waals surface area (Å²) in [6, 6.07) is 6.34. The number of fused-ring (bicyclic) bond motifs is 1. The number of nitrogens with zero attached hydrogens (tertiary/aromatic N) is 1. The molecule has 0 spiro atoms. The molecule has 1 aromatic heterocycles. The second kappa shape index (κ2) is 4.66. The minimum Gasteiger partial charge on any atom is -0.271 e. The van der Waals surface area contributed by atoms with E-state index in [-0.39, 0.29) is 11.7 Å². The van der Waals surface area contributed by atoms with Crippen molar-refractivity contribution in [1.29, 1.82) is 0 Å². The molecule has 2 heterocycles. The van der Waals surface area contributed by atoms with E-state index in [1.165, 1.54) is 28.5 Å². The molecule has 94 valence electrons. The van der Waals surface area contributed by atoms with Crippen LogP contribution >= 0.6 is 11.3 Å². The molecule has 3 nitrogen and oxygen atoms in total. The number of amides is 1. The van der Waals surface area contributed by atoms with Gasteiger partial charge in [-0.3, -0.25) is 9.63 Å². The molecule has 0 unspecified atom stereocenters. The van der Waals surface area contributed by atoms with Crippen LogP contribution < -0.4 is 0 Å². The van der Waals surface area contributed by atoms with E-state index in [2.05, 4.69) is 0 Å². The first-order valence-electron chi connectivity index (χ1n) is 5.88. The SMILES string of the molecule is O=C(c1cc2ccc(F)cc2s1)N1CCCCO1. The van der Waals surface area contributed by atoms with Crippen molar-refractivity contribution in [2.45, 2.75) is 12.8 Å². The zero-order valence-corrected chi connectivity index (χ0v) is 10.5. The minimum atomic E-state index is -0.280. The van der Waals surface area contributed by atoms with Gasteiger partial charge in [-0.25, -0.2) is 9.45 Å². The van der Waals surface area contributed by atoms with E-state index in [9.17, 15) is 9.18 Å². The summed E-state index contributed by atoms with van der Waals surface area (Å²) in [5, 5.41) is 2.30. The summed E-state index contributed by atoms with van der Waals surface area (Å²) in [6.07, 6.45) is 1.95. The van der Waals surface area contributed by atoms with E-state index in [1.807, 2.05) is 0 Å². The van der Waals surface area contributed by atoms with E-state index in [0.29, 0.717) is 18.0 Å². The highest BCUT2D eigenvalue weighted by atomic mass is 32.1. The van der Waals surface area contributed by atoms with Crippen molar-refractivity contribution >= 4 is 27.3 Å². The maximum absolute atomic E-state index is 13.1. The maximum atomic E-state index is 13.1. The van der Waals surface area contributed by atoms with Crippen LogP contribution in [0.3, 0.4) is 0 Å². The first-order chi connectivity index (χ1) is 8.74. The lowest BCUT2D eigenvalue weighted by Gasteiger charge is -2.25. The van der Waals surface area contributed by atoms with Crippen LogP contribution in [0, 0.1) is 5.82 Å². The summed E-state index contributed by atoms with van der Waals surface area (Å²) >= 11 is 1.30. The van der Waals surface area contributed by atoms with E-state index < -0.39 is 0 Å². The average molecular weight is 265 g/mol. The largest absolute Gasteiger partial charge is 0.287 e. The number of hydrogen-bond donors (Lipinski definition) is 0. The highest BCUT2D eigenvalue weighted by molar-refractivity contribution is 7.20. The molecule has 3 rings (SSSR count). The van der Waals surface area contributed by atoms with Gasteiger partial charge in [-0.05, 0) is 36.4 Å². The van der Waals surface area contributed by atoms with Crippen molar-refractivity contribution in [2.75, 3.05) is 13.2 Å². The van der Waals surface area contributed by atoms with Crippen molar-refractivity contribution in [2.24, 2.45) is 0 Å². The van der Waals surface area contributed by atoms with Gasteiger partial charge in [0.05, 0.1) is 11.5 Å². The van der Waals surface area contributed by atoms with Crippen molar-refractivity contribution in [1.82, 2.24) is 5.06 Å². The third-order valence-electron chi connectivity index (χ3n) is 2.92. The van der Waals surface area contributed by atoms with E-state index >= 15 is 0 Å². The lowest BCUT2D eigenvalue weighted by molar-refractivity contribution is -0.143. The van der Waals surface area contributed by atoms with Gasteiger partial charge in [0.15, 0.2) is 0 Å². The third-order valence-corrected chi connectivity index (χ3v) is 4.01. The Kier molecular flexibility index (Phi) is 3.01. The standard InChI is InChI=1S/C13H12FNO2S/c14-10-4-3-9-7-12(18-11(9)8-10)13(16)15-5-1-2-6-17-15/h3-4,7-8H,1-2,5-6H2. The normalized spacial score (nSPS) is 16.2. The predicted molar refractivity (Wildman–Crippen MR) is 68.0 cm³/mol. The van der Waals surface area contributed by atoms with E-state index in [4.69, 9.17) is 4.84 Å². The van der Waals surface area contributed by atoms with Gasteiger partial charge >= 0.3 is 0 Å². The van der Waals surface area contributed by atoms with Crippen molar-refractivity contribution in [3.8, 4) is 0 Å². The Morgan fingerprint density at radius 1 is 1.33 bits per heavy atom. The van der Waals surface area contributed by atoms with Gasteiger partial charge in [-0.15, -0.1) is 11.3 Å². The van der Waals surface area contributed by atoms with Crippen LogP contribution in [0.4, 0.5) is 4.39 Å². The molecule has 0 saturated carbocycles. The average Bonchev–Trinajstić information content (AvgIpc) is 2.81. The van der Waals surface area contributed by atoms with E-state index in [0.717, 1.165) is 22.9 Å². The smallest absolute Gasteiger partial charge is 0.271 e. The zero-order valence-electron chi connectivity index (χ0n) is 9.69. The van der Waals surface area contributed by atoms with Gasteiger partial charge in [-0.1, -0.05) is 6.07 Å². The molecule has 1 aromatic carbocycles. The topological polar surface area (TPSA) is 29.5 Å². The highest BCUT2D eigenvalue weighted by Crippen LogP contribution is 2.27. The summed E-state index contributed by atoms with van der Waals surface area (Å²) < 4.78 is 13.9. The first-order valence-corrected chi connectivity index (χ1v) is 6.69. The van der Waals surface area contributed by atoms with Gasteiger partial charge in [0.1, 0.15) is 5.82 Å². The van der Waals surface area contributed by atoms with Crippen LogP contribution in [0.1, 0.15) is 22.5 Å². The molecule has 0 radical (unpaired) electrons. The molecule has 0 atom stereocenters.